The zero-order valence-electron chi connectivity index (χ0n) is 17.4. The van der Waals surface area contributed by atoms with E-state index >= 15 is 0 Å². The van der Waals surface area contributed by atoms with E-state index < -0.39 is 0 Å². The Kier molecular flexibility index (Phi) is 7.57. The molecule has 160 valence electrons. The molecule has 30 heavy (non-hydrogen) atoms. The fourth-order valence-corrected chi connectivity index (χ4v) is 3.61. The lowest BCUT2D eigenvalue weighted by Gasteiger charge is -2.36. The molecule has 0 saturated carbocycles. The molecule has 1 aliphatic rings. The molecule has 7 heteroatoms. The van der Waals surface area contributed by atoms with Gasteiger partial charge in [0.15, 0.2) is 0 Å². The summed E-state index contributed by atoms with van der Waals surface area (Å²) in [6, 6.07) is 15.2. The van der Waals surface area contributed by atoms with Crippen molar-refractivity contribution in [3.05, 3.63) is 59.1 Å². The third-order valence-corrected chi connectivity index (χ3v) is 5.11. The summed E-state index contributed by atoms with van der Waals surface area (Å²) in [5.41, 5.74) is 1.92. The maximum Gasteiger partial charge on any atom is 0.242 e. The second-order valence-corrected chi connectivity index (χ2v) is 8.05. The van der Waals surface area contributed by atoms with Crippen LogP contribution in [0.4, 0.5) is 5.69 Å². The number of hydrogen-bond acceptors (Lipinski definition) is 4. The van der Waals surface area contributed by atoms with Crippen molar-refractivity contribution in [1.82, 2.24) is 10.2 Å². The van der Waals surface area contributed by atoms with E-state index in [0.717, 1.165) is 30.1 Å². The summed E-state index contributed by atoms with van der Waals surface area (Å²) in [7, 11) is 0. The molecule has 0 atom stereocenters. The van der Waals surface area contributed by atoms with Gasteiger partial charge < -0.3 is 19.9 Å². The third kappa shape index (κ3) is 6.39. The zero-order valence-corrected chi connectivity index (χ0v) is 18.2. The van der Waals surface area contributed by atoms with Crippen LogP contribution in [0.3, 0.4) is 0 Å². The molecule has 6 nitrogen and oxygen atoms in total. The molecule has 1 N–H and O–H groups in total. The summed E-state index contributed by atoms with van der Waals surface area (Å²) >= 11 is 6.06. The van der Waals surface area contributed by atoms with E-state index in [2.05, 4.69) is 10.2 Å². The van der Waals surface area contributed by atoms with Crippen molar-refractivity contribution in [2.45, 2.75) is 26.4 Å². The monoisotopic (exact) mass is 429 g/mol. The van der Waals surface area contributed by atoms with Crippen molar-refractivity contribution in [2.75, 3.05) is 37.6 Å². The van der Waals surface area contributed by atoms with Crippen LogP contribution in [0.25, 0.3) is 0 Å². The fraction of sp³-hybridized carbons (Fsp3) is 0.391. The minimum Gasteiger partial charge on any atom is -0.491 e. The van der Waals surface area contributed by atoms with Crippen LogP contribution in [0.1, 0.15) is 19.4 Å². The predicted molar refractivity (Wildman–Crippen MR) is 119 cm³/mol. The number of hydrogen-bond donors (Lipinski definition) is 1. The highest BCUT2D eigenvalue weighted by Gasteiger charge is 2.21. The van der Waals surface area contributed by atoms with E-state index in [0.29, 0.717) is 18.1 Å². The van der Waals surface area contributed by atoms with Crippen molar-refractivity contribution in [3.8, 4) is 5.75 Å². The summed E-state index contributed by atoms with van der Waals surface area (Å²) < 4.78 is 5.66. The lowest BCUT2D eigenvalue weighted by Crippen LogP contribution is -2.51. The standard InChI is InChI=1S/C23H28ClN3O3/c1-17(2)30-21-8-3-5-18(13-21)14-22(28)25-16-23(29)27-11-9-26(10-12-27)20-7-4-6-19(24)15-20/h3-8,13,15,17H,9-12,14,16H2,1-2H3,(H,25,28). The van der Waals surface area contributed by atoms with Gasteiger partial charge in [0.1, 0.15) is 5.75 Å². The minimum atomic E-state index is -0.178. The molecule has 1 aliphatic heterocycles. The Morgan fingerprint density at radius 1 is 1.07 bits per heavy atom. The van der Waals surface area contributed by atoms with Crippen molar-refractivity contribution >= 4 is 29.1 Å². The van der Waals surface area contributed by atoms with Crippen LogP contribution in [0.5, 0.6) is 5.75 Å². The topological polar surface area (TPSA) is 61.9 Å². The number of benzene rings is 2. The van der Waals surface area contributed by atoms with Crippen molar-refractivity contribution < 1.29 is 14.3 Å². The Balaban J connectivity index is 1.43. The van der Waals surface area contributed by atoms with E-state index in [-0.39, 0.29) is 30.9 Å². The van der Waals surface area contributed by atoms with E-state index in [4.69, 9.17) is 16.3 Å². The first-order chi connectivity index (χ1) is 14.4. The summed E-state index contributed by atoms with van der Waals surface area (Å²) in [6.45, 7) is 6.65. The average Bonchev–Trinajstić information content (AvgIpc) is 2.72. The summed E-state index contributed by atoms with van der Waals surface area (Å²) in [6.07, 6.45) is 0.288. The number of nitrogens with zero attached hydrogens (tertiary/aromatic N) is 2. The smallest absolute Gasteiger partial charge is 0.242 e. The largest absolute Gasteiger partial charge is 0.491 e. The van der Waals surface area contributed by atoms with Gasteiger partial charge in [-0.1, -0.05) is 29.8 Å². The SMILES string of the molecule is CC(C)Oc1cccc(CC(=O)NCC(=O)N2CCN(c3cccc(Cl)c3)CC2)c1. The van der Waals surface area contributed by atoms with Crippen LogP contribution in [0, 0.1) is 0 Å². The summed E-state index contributed by atoms with van der Waals surface area (Å²) in [5.74, 6) is 0.498. The molecular weight excluding hydrogens is 402 g/mol. The molecule has 0 unspecified atom stereocenters. The van der Waals surface area contributed by atoms with Gasteiger partial charge in [-0.2, -0.15) is 0 Å². The number of anilines is 1. The maximum absolute atomic E-state index is 12.5. The second-order valence-electron chi connectivity index (χ2n) is 7.62. The molecule has 2 amide bonds. The Morgan fingerprint density at radius 2 is 1.80 bits per heavy atom. The molecule has 0 aliphatic carbocycles. The van der Waals surface area contributed by atoms with Crippen LogP contribution < -0.4 is 15.0 Å². The average molecular weight is 430 g/mol. The van der Waals surface area contributed by atoms with Crippen LogP contribution in [-0.4, -0.2) is 55.5 Å². The molecule has 0 aromatic heterocycles. The van der Waals surface area contributed by atoms with Gasteiger partial charge >= 0.3 is 0 Å². The number of piperazine rings is 1. The number of nitrogens with one attached hydrogen (secondary N) is 1. The van der Waals surface area contributed by atoms with Crippen LogP contribution in [0.2, 0.25) is 5.02 Å². The van der Waals surface area contributed by atoms with Gasteiger partial charge in [0.25, 0.3) is 0 Å². The highest BCUT2D eigenvalue weighted by atomic mass is 35.5. The summed E-state index contributed by atoms with van der Waals surface area (Å²) in [4.78, 5) is 28.7. The number of rotatable bonds is 7. The van der Waals surface area contributed by atoms with E-state index in [1.807, 2.05) is 62.4 Å². The molecule has 0 radical (unpaired) electrons. The Labute approximate surface area is 182 Å². The van der Waals surface area contributed by atoms with Gasteiger partial charge in [-0.05, 0) is 49.7 Å². The normalized spacial score (nSPS) is 14.0. The van der Waals surface area contributed by atoms with Gasteiger partial charge in [0, 0.05) is 36.9 Å². The predicted octanol–water partition coefficient (Wildman–Crippen LogP) is 3.13. The van der Waals surface area contributed by atoms with Crippen molar-refractivity contribution in [2.24, 2.45) is 0 Å². The molecule has 3 rings (SSSR count). The van der Waals surface area contributed by atoms with Gasteiger partial charge in [-0.3, -0.25) is 9.59 Å². The lowest BCUT2D eigenvalue weighted by molar-refractivity contribution is -0.133. The van der Waals surface area contributed by atoms with E-state index in [1.54, 1.807) is 4.90 Å². The number of ether oxygens (including phenoxy) is 1. The van der Waals surface area contributed by atoms with E-state index in [9.17, 15) is 9.59 Å². The maximum atomic E-state index is 12.5. The molecule has 0 bridgehead atoms. The van der Waals surface area contributed by atoms with E-state index in [1.165, 1.54) is 0 Å². The Bertz CT molecular complexity index is 880. The van der Waals surface area contributed by atoms with Crippen molar-refractivity contribution in [1.29, 1.82) is 0 Å². The molecule has 1 saturated heterocycles. The molecule has 2 aromatic carbocycles. The lowest BCUT2D eigenvalue weighted by atomic mass is 10.1. The fourth-order valence-electron chi connectivity index (χ4n) is 3.42. The molecule has 1 heterocycles. The molecule has 1 fully saturated rings. The highest BCUT2D eigenvalue weighted by Crippen LogP contribution is 2.20. The highest BCUT2D eigenvalue weighted by molar-refractivity contribution is 6.30. The molecule has 2 aromatic rings. The van der Waals surface area contributed by atoms with Crippen LogP contribution in [-0.2, 0) is 16.0 Å². The first-order valence-electron chi connectivity index (χ1n) is 10.2. The molecular formula is C23H28ClN3O3. The first kappa shape index (κ1) is 22.0. The Morgan fingerprint density at radius 3 is 2.50 bits per heavy atom. The quantitative estimate of drug-likeness (QED) is 0.734. The zero-order chi connectivity index (χ0) is 21.5. The van der Waals surface area contributed by atoms with Crippen molar-refractivity contribution in [3.63, 3.8) is 0 Å². The van der Waals surface area contributed by atoms with Gasteiger partial charge in [0.2, 0.25) is 11.8 Å². The van der Waals surface area contributed by atoms with Crippen LogP contribution >= 0.6 is 11.6 Å². The third-order valence-electron chi connectivity index (χ3n) is 4.88. The van der Waals surface area contributed by atoms with Crippen LogP contribution in [0.15, 0.2) is 48.5 Å². The minimum absolute atomic E-state index is 0.0121. The van der Waals surface area contributed by atoms with Gasteiger partial charge in [0.05, 0.1) is 19.1 Å². The number of halogens is 1. The first-order valence-corrected chi connectivity index (χ1v) is 10.6. The summed E-state index contributed by atoms with van der Waals surface area (Å²) in [5, 5.41) is 3.44. The van der Waals surface area contributed by atoms with Gasteiger partial charge in [-0.25, -0.2) is 0 Å². The molecule has 0 spiro atoms. The Hall–Kier alpha value is -2.73. The number of carbonyl (C=O) groups is 2. The number of carbonyl (C=O) groups excluding carboxylic acids is 2. The van der Waals surface area contributed by atoms with Gasteiger partial charge in [-0.15, -0.1) is 0 Å². The second kappa shape index (κ2) is 10.3. The number of amides is 2.